The maximum Gasteiger partial charge on any atom is 0.255 e. The number of halogens is 2. The third-order valence-electron chi connectivity index (χ3n) is 3.21. The molecule has 3 nitrogen and oxygen atoms in total. The summed E-state index contributed by atoms with van der Waals surface area (Å²) < 4.78 is 18.7. The molecule has 0 aliphatic heterocycles. The minimum Gasteiger partial charge on any atom is -0.491 e. The Hall–Kier alpha value is -2.07. The number of hydrogen-bond acceptors (Lipinski definition) is 2. The Morgan fingerprint density at radius 2 is 1.95 bits per heavy atom. The van der Waals surface area contributed by atoms with Crippen LogP contribution in [0.1, 0.15) is 30.6 Å². The van der Waals surface area contributed by atoms with Crippen LogP contribution in [-0.4, -0.2) is 12.0 Å². The van der Waals surface area contributed by atoms with Gasteiger partial charge in [-0.25, -0.2) is 4.39 Å². The van der Waals surface area contributed by atoms with Crippen molar-refractivity contribution in [3.8, 4) is 5.75 Å². The lowest BCUT2D eigenvalue weighted by molar-refractivity contribution is 0.102. The SMILES string of the molecule is CCC(C)Oc1ccc(C(=O)Nc2ccc(F)c(Cl)c2)cc1. The largest absolute Gasteiger partial charge is 0.491 e. The lowest BCUT2D eigenvalue weighted by Crippen LogP contribution is -2.12. The van der Waals surface area contributed by atoms with Gasteiger partial charge in [-0.2, -0.15) is 0 Å². The Balaban J connectivity index is 2.04. The summed E-state index contributed by atoms with van der Waals surface area (Å²) in [5.74, 6) is -0.0975. The molecule has 2 aromatic rings. The Morgan fingerprint density at radius 1 is 1.27 bits per heavy atom. The molecule has 5 heteroatoms. The van der Waals surface area contributed by atoms with Gasteiger partial charge in [0.25, 0.3) is 5.91 Å². The molecule has 2 aromatic carbocycles. The van der Waals surface area contributed by atoms with Gasteiger partial charge in [-0.05, 0) is 55.8 Å². The molecular weight excluding hydrogens is 305 g/mol. The standard InChI is InChI=1S/C17H17ClFNO2/c1-3-11(2)22-14-7-4-12(5-8-14)17(21)20-13-6-9-16(19)15(18)10-13/h4-11H,3H2,1-2H3,(H,20,21). The van der Waals surface area contributed by atoms with E-state index in [0.717, 1.165) is 12.2 Å². The van der Waals surface area contributed by atoms with Crippen molar-refractivity contribution in [2.45, 2.75) is 26.4 Å². The van der Waals surface area contributed by atoms with Gasteiger partial charge in [-0.15, -0.1) is 0 Å². The molecule has 0 aliphatic carbocycles. The first-order valence-electron chi connectivity index (χ1n) is 7.02. The normalized spacial score (nSPS) is 11.8. The van der Waals surface area contributed by atoms with Crippen LogP contribution in [0.5, 0.6) is 5.75 Å². The highest BCUT2D eigenvalue weighted by Crippen LogP contribution is 2.20. The van der Waals surface area contributed by atoms with Gasteiger partial charge in [0, 0.05) is 11.3 Å². The summed E-state index contributed by atoms with van der Waals surface area (Å²) in [5.41, 5.74) is 0.924. The van der Waals surface area contributed by atoms with Crippen LogP contribution in [0.4, 0.5) is 10.1 Å². The van der Waals surface area contributed by atoms with Gasteiger partial charge >= 0.3 is 0 Å². The molecule has 2 rings (SSSR count). The molecule has 1 N–H and O–H groups in total. The highest BCUT2D eigenvalue weighted by atomic mass is 35.5. The molecule has 1 amide bonds. The number of carbonyl (C=O) groups excluding carboxylic acids is 1. The number of rotatable bonds is 5. The first-order valence-corrected chi connectivity index (χ1v) is 7.40. The molecule has 22 heavy (non-hydrogen) atoms. The Kier molecular flexibility index (Phi) is 5.39. The van der Waals surface area contributed by atoms with Crippen LogP contribution in [0.2, 0.25) is 5.02 Å². The number of benzene rings is 2. The van der Waals surface area contributed by atoms with Crippen LogP contribution in [-0.2, 0) is 0 Å². The topological polar surface area (TPSA) is 38.3 Å². The second kappa shape index (κ2) is 7.27. The molecule has 0 bridgehead atoms. The van der Waals surface area contributed by atoms with E-state index in [2.05, 4.69) is 5.32 Å². The Labute approximate surface area is 134 Å². The average Bonchev–Trinajstić information content (AvgIpc) is 2.51. The molecule has 1 unspecified atom stereocenters. The van der Waals surface area contributed by atoms with Crippen LogP contribution in [0.25, 0.3) is 0 Å². The summed E-state index contributed by atoms with van der Waals surface area (Å²) in [4.78, 5) is 12.1. The maximum atomic E-state index is 13.1. The van der Waals surface area contributed by atoms with E-state index in [4.69, 9.17) is 16.3 Å². The second-order valence-corrected chi connectivity index (χ2v) is 5.35. The van der Waals surface area contributed by atoms with Crippen molar-refractivity contribution < 1.29 is 13.9 Å². The third kappa shape index (κ3) is 4.21. The number of amides is 1. The fourth-order valence-corrected chi connectivity index (χ4v) is 1.96. The summed E-state index contributed by atoms with van der Waals surface area (Å²) in [7, 11) is 0. The van der Waals surface area contributed by atoms with Crippen LogP contribution < -0.4 is 10.1 Å². The van der Waals surface area contributed by atoms with E-state index in [1.165, 1.54) is 18.2 Å². The quantitative estimate of drug-likeness (QED) is 0.849. The zero-order chi connectivity index (χ0) is 16.1. The van der Waals surface area contributed by atoms with Gasteiger partial charge in [0.2, 0.25) is 0 Å². The van der Waals surface area contributed by atoms with Gasteiger partial charge in [0.05, 0.1) is 11.1 Å². The number of anilines is 1. The smallest absolute Gasteiger partial charge is 0.255 e. The summed E-state index contributed by atoms with van der Waals surface area (Å²) in [6, 6.07) is 10.9. The van der Waals surface area contributed by atoms with Crippen LogP contribution >= 0.6 is 11.6 Å². The van der Waals surface area contributed by atoms with Crippen molar-refractivity contribution in [1.29, 1.82) is 0 Å². The van der Waals surface area contributed by atoms with E-state index < -0.39 is 5.82 Å². The summed E-state index contributed by atoms with van der Waals surface area (Å²) >= 11 is 5.68. The number of ether oxygens (including phenoxy) is 1. The van der Waals surface area contributed by atoms with E-state index in [-0.39, 0.29) is 17.0 Å². The number of nitrogens with one attached hydrogen (secondary N) is 1. The molecule has 0 aliphatic rings. The molecule has 0 radical (unpaired) electrons. The summed E-state index contributed by atoms with van der Waals surface area (Å²) in [5, 5.41) is 2.63. The van der Waals surface area contributed by atoms with Crippen molar-refractivity contribution in [3.63, 3.8) is 0 Å². The van der Waals surface area contributed by atoms with Crippen molar-refractivity contribution in [3.05, 3.63) is 58.9 Å². The summed E-state index contributed by atoms with van der Waals surface area (Å²) in [6.45, 7) is 4.03. The third-order valence-corrected chi connectivity index (χ3v) is 3.50. The molecular formula is C17H17ClFNO2. The fourth-order valence-electron chi connectivity index (χ4n) is 1.78. The minimum absolute atomic E-state index is 0.0323. The minimum atomic E-state index is -0.522. The highest BCUT2D eigenvalue weighted by molar-refractivity contribution is 6.31. The van der Waals surface area contributed by atoms with E-state index in [1.54, 1.807) is 24.3 Å². The van der Waals surface area contributed by atoms with Gasteiger partial charge in [-0.1, -0.05) is 18.5 Å². The van der Waals surface area contributed by atoms with Crippen molar-refractivity contribution >= 4 is 23.2 Å². The lowest BCUT2D eigenvalue weighted by atomic mass is 10.2. The Morgan fingerprint density at radius 3 is 2.55 bits per heavy atom. The summed E-state index contributed by atoms with van der Waals surface area (Å²) in [6.07, 6.45) is 1.04. The van der Waals surface area contributed by atoms with Gasteiger partial charge in [0.1, 0.15) is 11.6 Å². The fraction of sp³-hybridized carbons (Fsp3) is 0.235. The van der Waals surface area contributed by atoms with Crippen molar-refractivity contribution in [2.24, 2.45) is 0 Å². The first kappa shape index (κ1) is 16.3. The lowest BCUT2D eigenvalue weighted by Gasteiger charge is -2.12. The van der Waals surface area contributed by atoms with Crippen molar-refractivity contribution in [2.75, 3.05) is 5.32 Å². The first-order chi connectivity index (χ1) is 10.5. The van der Waals surface area contributed by atoms with Crippen LogP contribution in [0, 0.1) is 5.82 Å². The molecule has 1 atom stereocenters. The van der Waals surface area contributed by atoms with E-state index in [9.17, 15) is 9.18 Å². The second-order valence-electron chi connectivity index (χ2n) is 4.94. The average molecular weight is 322 g/mol. The molecule has 116 valence electrons. The van der Waals surface area contributed by atoms with E-state index >= 15 is 0 Å². The molecule has 0 saturated heterocycles. The zero-order valence-corrected chi connectivity index (χ0v) is 13.2. The van der Waals surface area contributed by atoms with Gasteiger partial charge in [-0.3, -0.25) is 4.79 Å². The number of hydrogen-bond donors (Lipinski definition) is 1. The van der Waals surface area contributed by atoms with Crippen molar-refractivity contribution in [1.82, 2.24) is 0 Å². The maximum absolute atomic E-state index is 13.1. The van der Waals surface area contributed by atoms with E-state index in [0.29, 0.717) is 11.3 Å². The highest BCUT2D eigenvalue weighted by Gasteiger charge is 2.09. The van der Waals surface area contributed by atoms with Gasteiger partial charge < -0.3 is 10.1 Å². The molecule has 0 saturated carbocycles. The molecule has 0 aromatic heterocycles. The molecule has 0 heterocycles. The molecule has 0 spiro atoms. The molecule has 0 fully saturated rings. The van der Waals surface area contributed by atoms with Crippen LogP contribution in [0.15, 0.2) is 42.5 Å². The predicted octanol–water partition coefficient (Wildman–Crippen LogP) is 4.91. The number of carbonyl (C=O) groups is 1. The monoisotopic (exact) mass is 321 g/mol. The van der Waals surface area contributed by atoms with Gasteiger partial charge in [0.15, 0.2) is 0 Å². The van der Waals surface area contributed by atoms with E-state index in [1.807, 2.05) is 13.8 Å². The zero-order valence-electron chi connectivity index (χ0n) is 12.4. The van der Waals surface area contributed by atoms with Crippen LogP contribution in [0.3, 0.4) is 0 Å². The Bertz CT molecular complexity index is 658. The predicted molar refractivity (Wildman–Crippen MR) is 86.2 cm³/mol.